The van der Waals surface area contributed by atoms with E-state index in [-0.39, 0.29) is 22.2 Å². The quantitative estimate of drug-likeness (QED) is 0.273. The molecule has 0 bridgehead atoms. The van der Waals surface area contributed by atoms with Crippen LogP contribution in [0.3, 0.4) is 0 Å². The van der Waals surface area contributed by atoms with E-state index >= 15 is 0 Å². The summed E-state index contributed by atoms with van der Waals surface area (Å²) in [5.41, 5.74) is -0.192. The van der Waals surface area contributed by atoms with Crippen LogP contribution in [-0.4, -0.2) is 16.6 Å². The lowest BCUT2D eigenvalue weighted by molar-refractivity contribution is -0.384. The molecule has 0 saturated heterocycles. The van der Waals surface area contributed by atoms with Gasteiger partial charge in [0.25, 0.3) is 5.69 Å². The van der Waals surface area contributed by atoms with Gasteiger partial charge in [-0.3, -0.25) is 14.9 Å². The normalized spacial score (nSPS) is 10.1. The third-order valence-corrected chi connectivity index (χ3v) is 2.90. The summed E-state index contributed by atoms with van der Waals surface area (Å²) in [7, 11) is 0. The summed E-state index contributed by atoms with van der Waals surface area (Å²) < 4.78 is 0.567. The van der Waals surface area contributed by atoms with Gasteiger partial charge in [0.1, 0.15) is 5.02 Å². The first-order chi connectivity index (χ1) is 6.97. The number of nitro benzene ring substituents is 1. The Morgan fingerprint density at radius 1 is 1.53 bits per heavy atom. The number of rotatable bonds is 3. The fraction of sp³-hybridized carbons (Fsp3) is 0.125. The van der Waals surface area contributed by atoms with Crippen molar-refractivity contribution >= 4 is 57.3 Å². The Kier molecular flexibility index (Phi) is 4.30. The summed E-state index contributed by atoms with van der Waals surface area (Å²) in [6.45, 7) is 0. The van der Waals surface area contributed by atoms with E-state index in [1.54, 1.807) is 0 Å². The van der Waals surface area contributed by atoms with Crippen LogP contribution in [0.25, 0.3) is 0 Å². The van der Waals surface area contributed by atoms with Crippen molar-refractivity contribution in [3.05, 3.63) is 36.4 Å². The van der Waals surface area contributed by atoms with E-state index < -0.39 is 10.7 Å². The van der Waals surface area contributed by atoms with Gasteiger partial charge in [-0.1, -0.05) is 11.6 Å². The van der Waals surface area contributed by atoms with Crippen LogP contribution in [0.15, 0.2) is 12.1 Å². The molecule has 0 aliphatic rings. The number of benzene rings is 1. The van der Waals surface area contributed by atoms with E-state index in [9.17, 15) is 14.9 Å². The molecule has 0 saturated carbocycles. The van der Waals surface area contributed by atoms with E-state index in [4.69, 9.17) is 23.2 Å². The van der Waals surface area contributed by atoms with Gasteiger partial charge in [-0.25, -0.2) is 0 Å². The van der Waals surface area contributed by atoms with Crippen LogP contribution in [0.5, 0.6) is 0 Å². The molecule has 0 aliphatic heterocycles. The second-order valence-corrected chi connectivity index (χ2v) is 4.49. The van der Waals surface area contributed by atoms with E-state index in [1.807, 2.05) is 22.6 Å². The maximum Gasteiger partial charge on any atom is 0.289 e. The molecule has 0 spiro atoms. The molecule has 0 heterocycles. The first-order valence-corrected chi connectivity index (χ1v) is 5.69. The van der Waals surface area contributed by atoms with Crippen molar-refractivity contribution in [2.24, 2.45) is 0 Å². The summed E-state index contributed by atoms with van der Waals surface area (Å²) in [4.78, 5) is 21.3. The van der Waals surface area contributed by atoms with Crippen LogP contribution in [0.4, 0.5) is 5.69 Å². The van der Waals surface area contributed by atoms with Gasteiger partial charge in [0.15, 0.2) is 5.78 Å². The zero-order valence-corrected chi connectivity index (χ0v) is 10.8. The van der Waals surface area contributed by atoms with Gasteiger partial charge in [-0.15, -0.1) is 11.6 Å². The number of hydrogen-bond donors (Lipinski definition) is 0. The van der Waals surface area contributed by atoms with Crippen LogP contribution in [-0.2, 0) is 0 Å². The number of nitrogens with zero attached hydrogens (tertiary/aromatic N) is 1. The fourth-order valence-electron chi connectivity index (χ4n) is 0.983. The second kappa shape index (κ2) is 5.09. The number of Topliss-reactive ketones (excluding diaryl/α,β-unsaturated/α-hetero) is 1. The number of halogens is 3. The van der Waals surface area contributed by atoms with E-state index in [0.717, 1.165) is 0 Å². The van der Waals surface area contributed by atoms with Crippen molar-refractivity contribution in [3.8, 4) is 0 Å². The Bertz CT molecular complexity index is 436. The molecule has 0 N–H and O–H groups in total. The van der Waals surface area contributed by atoms with E-state index in [1.165, 1.54) is 12.1 Å². The van der Waals surface area contributed by atoms with Crippen LogP contribution in [0, 0.1) is 13.7 Å². The van der Waals surface area contributed by atoms with Crippen LogP contribution >= 0.6 is 45.8 Å². The van der Waals surface area contributed by atoms with E-state index in [0.29, 0.717) is 3.57 Å². The molecule has 1 rings (SSSR count). The van der Waals surface area contributed by atoms with Gasteiger partial charge in [-0.2, -0.15) is 0 Å². The van der Waals surface area contributed by atoms with Crippen molar-refractivity contribution in [3.63, 3.8) is 0 Å². The highest BCUT2D eigenvalue weighted by molar-refractivity contribution is 14.1. The van der Waals surface area contributed by atoms with Crippen molar-refractivity contribution < 1.29 is 9.72 Å². The van der Waals surface area contributed by atoms with Gasteiger partial charge in [0.2, 0.25) is 0 Å². The lowest BCUT2D eigenvalue weighted by Crippen LogP contribution is -2.04. The Labute approximate surface area is 109 Å². The Morgan fingerprint density at radius 3 is 2.60 bits per heavy atom. The van der Waals surface area contributed by atoms with Gasteiger partial charge < -0.3 is 0 Å². The average Bonchev–Trinajstić information content (AvgIpc) is 2.19. The number of carbonyl (C=O) groups is 1. The van der Waals surface area contributed by atoms with Gasteiger partial charge in [-0.05, 0) is 28.7 Å². The molecule has 1 aromatic rings. The fourth-order valence-corrected chi connectivity index (χ4v) is 2.02. The molecule has 1 aromatic carbocycles. The van der Waals surface area contributed by atoms with Crippen molar-refractivity contribution in [1.82, 2.24) is 0 Å². The number of alkyl halides is 1. The minimum absolute atomic E-state index is 0.0882. The standard InChI is InChI=1S/C8H4Cl2INO3/c9-3-7(13)5-1-4(11)2-6(8(5)10)12(14)15/h1-2H,3H2. The minimum atomic E-state index is -0.629. The predicted molar refractivity (Wildman–Crippen MR) is 65.9 cm³/mol. The van der Waals surface area contributed by atoms with Gasteiger partial charge in [0.05, 0.1) is 10.8 Å². The highest BCUT2D eigenvalue weighted by Gasteiger charge is 2.20. The molecular weight excluding hydrogens is 356 g/mol. The van der Waals surface area contributed by atoms with Crippen LogP contribution in [0.2, 0.25) is 5.02 Å². The zero-order chi connectivity index (χ0) is 11.6. The lowest BCUT2D eigenvalue weighted by atomic mass is 10.1. The second-order valence-electron chi connectivity index (χ2n) is 2.60. The maximum atomic E-state index is 11.3. The minimum Gasteiger partial charge on any atom is -0.293 e. The van der Waals surface area contributed by atoms with Crippen molar-refractivity contribution in [2.75, 3.05) is 5.88 Å². The molecule has 0 amide bonds. The number of ketones is 1. The highest BCUT2D eigenvalue weighted by Crippen LogP contribution is 2.30. The SMILES string of the molecule is O=C(CCl)c1cc(I)cc([N+](=O)[O-])c1Cl. The third-order valence-electron chi connectivity index (χ3n) is 1.64. The molecule has 0 aliphatic carbocycles. The molecule has 15 heavy (non-hydrogen) atoms. The van der Waals surface area contributed by atoms with Crippen molar-refractivity contribution in [1.29, 1.82) is 0 Å². The molecule has 0 fully saturated rings. The molecule has 4 nitrogen and oxygen atoms in total. The topological polar surface area (TPSA) is 60.2 Å². The average molecular weight is 360 g/mol. The van der Waals surface area contributed by atoms with Crippen LogP contribution in [0.1, 0.15) is 10.4 Å². The molecule has 0 atom stereocenters. The Morgan fingerprint density at radius 2 is 2.13 bits per heavy atom. The summed E-state index contributed by atoms with van der Waals surface area (Å²) in [6, 6.07) is 2.77. The largest absolute Gasteiger partial charge is 0.293 e. The number of hydrogen-bond acceptors (Lipinski definition) is 3. The Balaban J connectivity index is 3.41. The molecule has 7 heteroatoms. The highest BCUT2D eigenvalue weighted by atomic mass is 127. The summed E-state index contributed by atoms with van der Waals surface area (Å²) in [5.74, 6) is -0.681. The van der Waals surface area contributed by atoms with E-state index in [2.05, 4.69) is 0 Å². The number of nitro groups is 1. The number of carbonyl (C=O) groups excluding carboxylic acids is 1. The summed E-state index contributed by atoms with van der Waals surface area (Å²) in [6.07, 6.45) is 0. The third kappa shape index (κ3) is 2.79. The van der Waals surface area contributed by atoms with Crippen molar-refractivity contribution in [2.45, 2.75) is 0 Å². The predicted octanol–water partition coefficient (Wildman–Crippen LogP) is 3.27. The summed E-state index contributed by atoms with van der Waals surface area (Å²) in [5, 5.41) is 10.4. The lowest BCUT2D eigenvalue weighted by Gasteiger charge is -2.02. The van der Waals surface area contributed by atoms with Crippen LogP contribution < -0.4 is 0 Å². The summed E-state index contributed by atoms with van der Waals surface area (Å²) >= 11 is 13.0. The van der Waals surface area contributed by atoms with Gasteiger partial charge >= 0.3 is 0 Å². The molecular formula is C8H4Cl2INO3. The first kappa shape index (κ1) is 12.7. The molecule has 0 radical (unpaired) electrons. The first-order valence-electron chi connectivity index (χ1n) is 3.70. The smallest absolute Gasteiger partial charge is 0.289 e. The van der Waals surface area contributed by atoms with Gasteiger partial charge in [0, 0.05) is 15.2 Å². The Hall–Kier alpha value is -0.400. The maximum absolute atomic E-state index is 11.3. The zero-order valence-electron chi connectivity index (χ0n) is 7.17. The molecule has 80 valence electrons. The molecule has 0 unspecified atom stereocenters. The monoisotopic (exact) mass is 359 g/mol. The molecule has 0 aromatic heterocycles.